The second kappa shape index (κ2) is 9.01. The van der Waals surface area contributed by atoms with Crippen LogP contribution in [0.1, 0.15) is 45.1 Å². The van der Waals surface area contributed by atoms with Crippen molar-refractivity contribution in [1.29, 1.82) is 0 Å². The zero-order valence-electron chi connectivity index (χ0n) is 16.4. The van der Waals surface area contributed by atoms with E-state index >= 15 is 0 Å². The average Bonchev–Trinajstić information content (AvgIpc) is 3.00. The third-order valence-electron chi connectivity index (χ3n) is 5.20. The number of nitrogens with two attached hydrogens (primary N) is 1. The normalized spacial score (nSPS) is 20.4. The smallest absolute Gasteiger partial charge is 0.234 e. The standard InChI is InChI=1S/C20H28ClN3O4/c1-12(2)7-16(20(22)26)23-14-3-4-19(25)24(6-5-14)10-13-8-17-18(9-15(13)21)28-11-27-17/h8-9,12,14,16,23H,3-7,10-11H2,1-2H3,(H2,22,26)/t14-,16+/m1/s1. The summed E-state index contributed by atoms with van der Waals surface area (Å²) in [4.78, 5) is 26.2. The maximum absolute atomic E-state index is 12.6. The van der Waals surface area contributed by atoms with Crippen LogP contribution >= 0.6 is 11.6 Å². The Morgan fingerprint density at radius 1 is 1.32 bits per heavy atom. The number of rotatable bonds is 7. The third kappa shape index (κ3) is 5.08. The zero-order valence-corrected chi connectivity index (χ0v) is 17.1. The predicted molar refractivity (Wildman–Crippen MR) is 106 cm³/mol. The summed E-state index contributed by atoms with van der Waals surface area (Å²) in [7, 11) is 0. The second-order valence-corrected chi connectivity index (χ2v) is 8.29. The summed E-state index contributed by atoms with van der Waals surface area (Å²) in [5.74, 6) is 1.38. The van der Waals surface area contributed by atoms with Crippen molar-refractivity contribution in [3.05, 3.63) is 22.7 Å². The van der Waals surface area contributed by atoms with Gasteiger partial charge >= 0.3 is 0 Å². The van der Waals surface area contributed by atoms with Gasteiger partial charge in [0.1, 0.15) is 0 Å². The van der Waals surface area contributed by atoms with Crippen LogP contribution in [0.4, 0.5) is 0 Å². The van der Waals surface area contributed by atoms with Crippen LogP contribution < -0.4 is 20.5 Å². The Bertz CT molecular complexity index is 740. The van der Waals surface area contributed by atoms with Gasteiger partial charge in [-0.3, -0.25) is 9.59 Å². The lowest BCUT2D eigenvalue weighted by Gasteiger charge is -2.24. The molecule has 3 N–H and O–H groups in total. The van der Waals surface area contributed by atoms with Gasteiger partial charge in [-0.25, -0.2) is 0 Å². The number of halogens is 1. The van der Waals surface area contributed by atoms with Crippen molar-refractivity contribution in [3.63, 3.8) is 0 Å². The monoisotopic (exact) mass is 409 g/mol. The quantitative estimate of drug-likeness (QED) is 0.721. The molecule has 7 nitrogen and oxygen atoms in total. The Balaban J connectivity index is 1.63. The van der Waals surface area contributed by atoms with Crippen LogP contribution in [0, 0.1) is 5.92 Å². The topological polar surface area (TPSA) is 93.9 Å². The van der Waals surface area contributed by atoms with Gasteiger partial charge in [-0.2, -0.15) is 0 Å². The molecule has 0 aromatic heterocycles. The number of hydrogen-bond acceptors (Lipinski definition) is 5. The number of likely N-dealkylation sites (tertiary alicyclic amines) is 1. The first kappa shape index (κ1) is 20.7. The summed E-state index contributed by atoms with van der Waals surface area (Å²) in [5, 5.41) is 3.92. The first-order valence-electron chi connectivity index (χ1n) is 9.74. The molecular formula is C20H28ClN3O4. The molecule has 2 aliphatic rings. The van der Waals surface area contributed by atoms with Crippen molar-refractivity contribution in [2.24, 2.45) is 11.7 Å². The fourth-order valence-corrected chi connectivity index (χ4v) is 3.89. The highest BCUT2D eigenvalue weighted by Crippen LogP contribution is 2.37. The minimum absolute atomic E-state index is 0.0809. The minimum atomic E-state index is -0.366. The number of benzene rings is 1. The first-order chi connectivity index (χ1) is 13.3. The molecule has 2 heterocycles. The molecule has 0 bridgehead atoms. The van der Waals surface area contributed by atoms with Crippen molar-refractivity contribution in [2.45, 2.75) is 58.2 Å². The summed E-state index contributed by atoms with van der Waals surface area (Å²) in [6.45, 7) is 5.32. The molecule has 28 heavy (non-hydrogen) atoms. The lowest BCUT2D eigenvalue weighted by atomic mass is 10.0. The Kier molecular flexibility index (Phi) is 6.67. The van der Waals surface area contributed by atoms with Gasteiger partial charge in [0, 0.05) is 36.6 Å². The van der Waals surface area contributed by atoms with Gasteiger partial charge in [-0.05, 0) is 36.8 Å². The van der Waals surface area contributed by atoms with Crippen LogP contribution in [0.25, 0.3) is 0 Å². The molecule has 1 aromatic carbocycles. The summed E-state index contributed by atoms with van der Waals surface area (Å²) in [6, 6.07) is 3.28. The van der Waals surface area contributed by atoms with E-state index in [1.54, 1.807) is 6.07 Å². The van der Waals surface area contributed by atoms with Crippen molar-refractivity contribution in [1.82, 2.24) is 10.2 Å². The number of hydrogen-bond donors (Lipinski definition) is 2. The molecule has 2 atom stereocenters. The van der Waals surface area contributed by atoms with E-state index in [0.29, 0.717) is 54.8 Å². The van der Waals surface area contributed by atoms with Gasteiger partial charge in [-0.1, -0.05) is 25.4 Å². The van der Waals surface area contributed by atoms with Gasteiger partial charge < -0.3 is 25.4 Å². The van der Waals surface area contributed by atoms with Crippen molar-refractivity contribution in [3.8, 4) is 11.5 Å². The van der Waals surface area contributed by atoms with E-state index in [-0.39, 0.29) is 30.7 Å². The summed E-state index contributed by atoms with van der Waals surface area (Å²) >= 11 is 6.36. The highest BCUT2D eigenvalue weighted by molar-refractivity contribution is 6.31. The second-order valence-electron chi connectivity index (χ2n) is 7.89. The largest absolute Gasteiger partial charge is 0.454 e. The molecule has 0 radical (unpaired) electrons. The van der Waals surface area contributed by atoms with Crippen LogP contribution in [0.15, 0.2) is 12.1 Å². The predicted octanol–water partition coefficient (Wildman–Crippen LogP) is 2.44. The third-order valence-corrected chi connectivity index (χ3v) is 5.55. The molecule has 1 aromatic rings. The maximum Gasteiger partial charge on any atom is 0.234 e. The van der Waals surface area contributed by atoms with Gasteiger partial charge in [0.2, 0.25) is 18.6 Å². The van der Waals surface area contributed by atoms with Gasteiger partial charge in [-0.15, -0.1) is 0 Å². The SMILES string of the molecule is CC(C)C[C@H](N[C@@H]1CCC(=O)N(Cc2cc3c(cc2Cl)OCO3)CC1)C(N)=O. The van der Waals surface area contributed by atoms with Crippen LogP contribution in [-0.2, 0) is 16.1 Å². The average molecular weight is 410 g/mol. The fraction of sp³-hybridized carbons (Fsp3) is 0.600. The summed E-state index contributed by atoms with van der Waals surface area (Å²) < 4.78 is 10.7. The highest BCUT2D eigenvalue weighted by Gasteiger charge is 2.27. The number of amides is 2. The molecule has 1 fully saturated rings. The molecule has 0 unspecified atom stereocenters. The Morgan fingerprint density at radius 3 is 2.71 bits per heavy atom. The molecule has 2 amide bonds. The summed E-state index contributed by atoms with van der Waals surface area (Å²) in [6.07, 6.45) is 2.56. The highest BCUT2D eigenvalue weighted by atomic mass is 35.5. The van der Waals surface area contributed by atoms with Crippen LogP contribution in [0.3, 0.4) is 0 Å². The van der Waals surface area contributed by atoms with Gasteiger partial charge in [0.25, 0.3) is 0 Å². The number of primary amides is 1. The van der Waals surface area contributed by atoms with Crippen molar-refractivity contribution >= 4 is 23.4 Å². The molecular weight excluding hydrogens is 382 g/mol. The van der Waals surface area contributed by atoms with E-state index in [2.05, 4.69) is 19.2 Å². The molecule has 3 rings (SSSR count). The number of nitrogens with one attached hydrogen (secondary N) is 1. The Labute approximate surface area is 170 Å². The van der Waals surface area contributed by atoms with Crippen molar-refractivity contribution in [2.75, 3.05) is 13.3 Å². The minimum Gasteiger partial charge on any atom is -0.454 e. The Hall–Kier alpha value is -1.99. The van der Waals surface area contributed by atoms with Crippen LogP contribution in [-0.4, -0.2) is 42.1 Å². The molecule has 0 saturated carbocycles. The molecule has 154 valence electrons. The molecule has 0 spiro atoms. The van der Waals surface area contributed by atoms with Crippen LogP contribution in [0.2, 0.25) is 5.02 Å². The lowest BCUT2D eigenvalue weighted by Crippen LogP contribution is -2.47. The van der Waals surface area contributed by atoms with E-state index in [1.807, 2.05) is 11.0 Å². The van der Waals surface area contributed by atoms with Crippen LogP contribution in [0.5, 0.6) is 11.5 Å². The maximum atomic E-state index is 12.6. The number of nitrogens with zero attached hydrogens (tertiary/aromatic N) is 1. The Morgan fingerprint density at radius 2 is 2.04 bits per heavy atom. The van der Waals surface area contributed by atoms with Crippen molar-refractivity contribution < 1.29 is 19.1 Å². The van der Waals surface area contributed by atoms with E-state index in [4.69, 9.17) is 26.8 Å². The van der Waals surface area contributed by atoms with Gasteiger partial charge in [0.05, 0.1) is 6.04 Å². The molecule has 8 heteroatoms. The number of carbonyl (C=O) groups excluding carboxylic acids is 2. The molecule has 1 saturated heterocycles. The fourth-order valence-electron chi connectivity index (χ4n) is 3.68. The first-order valence-corrected chi connectivity index (χ1v) is 10.1. The number of carbonyl (C=O) groups is 2. The van der Waals surface area contributed by atoms with E-state index in [1.165, 1.54) is 0 Å². The van der Waals surface area contributed by atoms with Gasteiger partial charge in [0.15, 0.2) is 11.5 Å². The van der Waals surface area contributed by atoms with E-state index in [9.17, 15) is 9.59 Å². The zero-order chi connectivity index (χ0) is 20.3. The molecule has 2 aliphatic heterocycles. The molecule has 0 aliphatic carbocycles. The number of fused-ring (bicyclic) bond motifs is 1. The summed E-state index contributed by atoms with van der Waals surface area (Å²) in [5.41, 5.74) is 6.38. The lowest BCUT2D eigenvalue weighted by molar-refractivity contribution is -0.131. The van der Waals surface area contributed by atoms with E-state index < -0.39 is 0 Å². The van der Waals surface area contributed by atoms with E-state index in [0.717, 1.165) is 12.0 Å². The number of ether oxygens (including phenoxy) is 2.